The second-order valence-corrected chi connectivity index (χ2v) is 5.58. The maximum Gasteiger partial charge on any atom is 0.101 e. The van der Waals surface area contributed by atoms with Crippen molar-refractivity contribution in [1.82, 2.24) is 0 Å². The molecule has 0 bridgehead atoms. The van der Waals surface area contributed by atoms with Crippen LogP contribution in [0.1, 0.15) is 58.3 Å². The summed E-state index contributed by atoms with van der Waals surface area (Å²) in [5.74, 6) is 0. The maximum atomic E-state index is 9.56. The summed E-state index contributed by atoms with van der Waals surface area (Å²) in [7, 11) is 0. The largest absolute Gasteiger partial charge is 0.394 e. The van der Waals surface area contributed by atoms with Crippen molar-refractivity contribution in [3.05, 3.63) is 0 Å². The Balaban J connectivity index is 3.16. The lowest BCUT2D eigenvalue weighted by Gasteiger charge is -2.13. The highest BCUT2D eigenvalue weighted by atomic mass is 16.5. The first-order valence-corrected chi connectivity index (χ1v) is 8.33. The fourth-order valence-corrected chi connectivity index (χ4v) is 2.00. The molecule has 21 heavy (non-hydrogen) atoms. The van der Waals surface area contributed by atoms with E-state index in [9.17, 15) is 5.11 Å². The molecule has 0 fully saturated rings. The second-order valence-electron chi connectivity index (χ2n) is 5.58. The number of hydrogen-bond acceptors (Lipinski definition) is 5. The first kappa shape index (κ1) is 20.8. The highest BCUT2D eigenvalue weighted by molar-refractivity contribution is 4.54. The fourth-order valence-electron chi connectivity index (χ4n) is 2.00. The molecular formula is C16H34O5. The minimum absolute atomic E-state index is 0.0333. The number of hydrogen-bond donors (Lipinski definition) is 3. The quantitative estimate of drug-likeness (QED) is 0.379. The molecule has 0 aliphatic rings. The predicted molar refractivity (Wildman–Crippen MR) is 83.3 cm³/mol. The van der Waals surface area contributed by atoms with Gasteiger partial charge in [-0.15, -0.1) is 0 Å². The molecule has 0 amide bonds. The molecular weight excluding hydrogens is 272 g/mol. The Morgan fingerprint density at radius 3 is 1.86 bits per heavy atom. The minimum atomic E-state index is -0.879. The van der Waals surface area contributed by atoms with Crippen LogP contribution < -0.4 is 0 Å². The molecule has 2 unspecified atom stereocenters. The summed E-state index contributed by atoms with van der Waals surface area (Å²) in [6.45, 7) is 2.98. The summed E-state index contributed by atoms with van der Waals surface area (Å²) in [5, 5.41) is 27.2. The fraction of sp³-hybridized carbons (Fsp3) is 1.00. The molecule has 2 atom stereocenters. The molecule has 0 saturated carbocycles. The van der Waals surface area contributed by atoms with Crippen LogP contribution in [0.5, 0.6) is 0 Å². The zero-order valence-electron chi connectivity index (χ0n) is 13.5. The van der Waals surface area contributed by atoms with Crippen molar-refractivity contribution in [2.24, 2.45) is 0 Å². The summed E-state index contributed by atoms with van der Waals surface area (Å²) in [6.07, 6.45) is 8.56. The van der Waals surface area contributed by atoms with Gasteiger partial charge in [0.15, 0.2) is 0 Å². The van der Waals surface area contributed by atoms with Gasteiger partial charge in [-0.25, -0.2) is 0 Å². The Morgan fingerprint density at radius 2 is 1.24 bits per heavy atom. The number of rotatable bonds is 16. The molecule has 0 radical (unpaired) electrons. The normalized spacial score (nSPS) is 14.3. The van der Waals surface area contributed by atoms with E-state index in [1.54, 1.807) is 0 Å². The number of aliphatic hydroxyl groups is 3. The van der Waals surface area contributed by atoms with Crippen molar-refractivity contribution in [3.8, 4) is 0 Å². The van der Waals surface area contributed by atoms with Gasteiger partial charge >= 0.3 is 0 Å². The zero-order valence-corrected chi connectivity index (χ0v) is 13.5. The lowest BCUT2D eigenvalue weighted by atomic mass is 10.1. The van der Waals surface area contributed by atoms with E-state index in [2.05, 4.69) is 6.92 Å². The van der Waals surface area contributed by atoms with E-state index in [4.69, 9.17) is 19.7 Å². The van der Waals surface area contributed by atoms with Crippen LogP contribution in [0.25, 0.3) is 0 Å². The smallest absolute Gasteiger partial charge is 0.101 e. The van der Waals surface area contributed by atoms with Crippen molar-refractivity contribution in [3.63, 3.8) is 0 Å². The molecule has 0 aromatic rings. The Morgan fingerprint density at radius 1 is 0.714 bits per heavy atom. The van der Waals surface area contributed by atoms with Gasteiger partial charge < -0.3 is 24.8 Å². The Hall–Kier alpha value is -0.200. The van der Waals surface area contributed by atoms with E-state index in [1.807, 2.05) is 0 Å². The summed E-state index contributed by atoms with van der Waals surface area (Å²) in [6, 6.07) is 0. The molecule has 0 aliphatic carbocycles. The zero-order chi connectivity index (χ0) is 15.8. The molecule has 0 aliphatic heterocycles. The SMILES string of the molecule is CCCCCCCCCCOCC(O)COCC(O)CO. The van der Waals surface area contributed by atoms with Crippen molar-refractivity contribution >= 4 is 0 Å². The van der Waals surface area contributed by atoms with Crippen LogP contribution in [0.4, 0.5) is 0 Å². The van der Waals surface area contributed by atoms with Crippen LogP contribution in [0.15, 0.2) is 0 Å². The lowest BCUT2D eigenvalue weighted by Crippen LogP contribution is -2.26. The molecule has 0 spiro atoms. The van der Waals surface area contributed by atoms with Crippen LogP contribution in [0.2, 0.25) is 0 Å². The Bertz CT molecular complexity index is 201. The highest BCUT2D eigenvalue weighted by Gasteiger charge is 2.07. The number of aliphatic hydroxyl groups excluding tert-OH is 3. The molecule has 0 aromatic carbocycles. The molecule has 0 heterocycles. The minimum Gasteiger partial charge on any atom is -0.394 e. The van der Waals surface area contributed by atoms with Crippen molar-refractivity contribution in [1.29, 1.82) is 0 Å². The van der Waals surface area contributed by atoms with Crippen molar-refractivity contribution in [2.45, 2.75) is 70.5 Å². The van der Waals surface area contributed by atoms with E-state index in [1.165, 1.54) is 44.9 Å². The monoisotopic (exact) mass is 306 g/mol. The van der Waals surface area contributed by atoms with Gasteiger partial charge in [-0.3, -0.25) is 0 Å². The van der Waals surface area contributed by atoms with Gasteiger partial charge in [-0.2, -0.15) is 0 Å². The molecule has 0 aromatic heterocycles. The first-order chi connectivity index (χ1) is 10.2. The third-order valence-electron chi connectivity index (χ3n) is 3.28. The third kappa shape index (κ3) is 16.0. The van der Waals surface area contributed by atoms with Crippen LogP contribution in [-0.4, -0.2) is 60.6 Å². The van der Waals surface area contributed by atoms with E-state index in [-0.39, 0.29) is 26.4 Å². The van der Waals surface area contributed by atoms with Crippen molar-refractivity contribution < 1.29 is 24.8 Å². The molecule has 5 heteroatoms. The summed E-state index contributed by atoms with van der Waals surface area (Å²) in [4.78, 5) is 0. The molecule has 0 saturated heterocycles. The Kier molecular flexibility index (Phi) is 16.0. The predicted octanol–water partition coefficient (Wildman–Crippen LogP) is 1.87. The summed E-state index contributed by atoms with van der Waals surface area (Å²) in [5.41, 5.74) is 0. The topological polar surface area (TPSA) is 79.2 Å². The first-order valence-electron chi connectivity index (χ1n) is 8.33. The third-order valence-corrected chi connectivity index (χ3v) is 3.28. The van der Waals surface area contributed by atoms with Gasteiger partial charge in [-0.1, -0.05) is 51.9 Å². The van der Waals surface area contributed by atoms with Gasteiger partial charge in [0, 0.05) is 6.61 Å². The summed E-state index contributed by atoms with van der Waals surface area (Å²) >= 11 is 0. The number of unbranched alkanes of at least 4 members (excludes halogenated alkanes) is 7. The molecule has 128 valence electrons. The van der Waals surface area contributed by atoms with Gasteiger partial charge in [0.1, 0.15) is 12.2 Å². The second kappa shape index (κ2) is 16.2. The average Bonchev–Trinajstić information content (AvgIpc) is 2.49. The van der Waals surface area contributed by atoms with Crippen LogP contribution in [0.3, 0.4) is 0 Å². The van der Waals surface area contributed by atoms with E-state index >= 15 is 0 Å². The van der Waals surface area contributed by atoms with E-state index < -0.39 is 12.2 Å². The van der Waals surface area contributed by atoms with Gasteiger partial charge in [-0.05, 0) is 6.42 Å². The lowest BCUT2D eigenvalue weighted by molar-refractivity contribution is -0.0481. The van der Waals surface area contributed by atoms with E-state index in [0.29, 0.717) is 6.61 Å². The molecule has 5 nitrogen and oxygen atoms in total. The van der Waals surface area contributed by atoms with Gasteiger partial charge in [0.2, 0.25) is 0 Å². The molecule has 3 N–H and O–H groups in total. The van der Waals surface area contributed by atoms with Crippen molar-refractivity contribution in [2.75, 3.05) is 33.0 Å². The summed E-state index contributed by atoms with van der Waals surface area (Å²) < 4.78 is 10.4. The maximum absolute atomic E-state index is 9.56. The number of ether oxygens (including phenoxy) is 2. The van der Waals surface area contributed by atoms with Crippen LogP contribution in [-0.2, 0) is 9.47 Å². The average molecular weight is 306 g/mol. The Labute approximate surface area is 129 Å². The van der Waals surface area contributed by atoms with E-state index in [0.717, 1.165) is 6.42 Å². The van der Waals surface area contributed by atoms with Crippen LogP contribution in [0, 0.1) is 0 Å². The van der Waals surface area contributed by atoms with Gasteiger partial charge in [0.25, 0.3) is 0 Å². The molecule has 0 rings (SSSR count). The van der Waals surface area contributed by atoms with Gasteiger partial charge in [0.05, 0.1) is 26.4 Å². The van der Waals surface area contributed by atoms with Crippen LogP contribution >= 0.6 is 0 Å². The standard InChI is InChI=1S/C16H34O5/c1-2-3-4-5-6-7-8-9-10-20-13-16(19)14-21-12-15(18)11-17/h15-19H,2-14H2,1H3. The highest BCUT2D eigenvalue weighted by Crippen LogP contribution is 2.08.